The molecule has 0 aliphatic rings. The first-order valence-electron chi connectivity index (χ1n) is 8.10. The number of hydrogen-bond donors (Lipinski definition) is 1. The number of nitrogens with one attached hydrogen (secondary N) is 1. The number of aromatic nitrogens is 2. The number of carbonyl (C=O) groups is 1. The average Bonchev–Trinajstić information content (AvgIpc) is 2.50. The van der Waals surface area contributed by atoms with Crippen LogP contribution >= 0.6 is 11.8 Å². The monoisotopic (exact) mass is 384 g/mol. The number of amides is 1. The molecule has 0 bridgehead atoms. The summed E-state index contributed by atoms with van der Waals surface area (Å²) in [5, 5.41) is 4.39. The van der Waals surface area contributed by atoms with Gasteiger partial charge in [-0.1, -0.05) is 32.5 Å². The van der Waals surface area contributed by atoms with Crippen LogP contribution < -0.4 is 14.9 Å². The lowest BCUT2D eigenvalue weighted by molar-refractivity contribution is 0.0529. The Labute approximate surface area is 159 Å². The summed E-state index contributed by atoms with van der Waals surface area (Å²) in [5.41, 5.74) is 1.63. The first-order chi connectivity index (χ1) is 11.9. The van der Waals surface area contributed by atoms with Crippen molar-refractivity contribution in [3.8, 4) is 11.8 Å². The van der Waals surface area contributed by atoms with E-state index >= 15 is 0 Å². The van der Waals surface area contributed by atoms with E-state index in [1.165, 1.54) is 26.0 Å². The fraction of sp³-hybridized carbons (Fsp3) is 0.647. The molecule has 26 heavy (non-hydrogen) atoms. The van der Waals surface area contributed by atoms with Crippen LogP contribution in [0.1, 0.15) is 41.5 Å². The van der Waals surface area contributed by atoms with Gasteiger partial charge in [-0.2, -0.15) is 15.1 Å². The number of hydrazone groups is 1. The van der Waals surface area contributed by atoms with Crippen molar-refractivity contribution in [1.29, 1.82) is 0 Å². The van der Waals surface area contributed by atoms with Gasteiger partial charge in [0.2, 0.25) is 11.8 Å². The second-order valence-electron chi connectivity index (χ2n) is 7.53. The summed E-state index contributed by atoms with van der Waals surface area (Å²) < 4.78 is 15.5. The van der Waals surface area contributed by atoms with Gasteiger partial charge in [0.1, 0.15) is 5.60 Å². The van der Waals surface area contributed by atoms with E-state index in [0.717, 1.165) is 0 Å². The number of hydrogen-bond acceptors (Lipinski definition) is 8. The van der Waals surface area contributed by atoms with Gasteiger partial charge in [-0.15, -0.1) is 0 Å². The smallest absolute Gasteiger partial charge is 0.428 e. The molecular weight excluding hydrogens is 356 g/mol. The SMILES string of the molecule is COc1cc(OC)nc(SC(/C=N/NC(=O)OC(C)(C)C)C(C)(C)C)n1. The number of methoxy groups -OCH3 is 2. The molecule has 0 radical (unpaired) electrons. The summed E-state index contributed by atoms with van der Waals surface area (Å²) in [7, 11) is 3.06. The summed E-state index contributed by atoms with van der Waals surface area (Å²) >= 11 is 1.40. The maximum Gasteiger partial charge on any atom is 0.428 e. The van der Waals surface area contributed by atoms with Gasteiger partial charge in [-0.05, 0) is 26.2 Å². The molecule has 9 heteroatoms. The first-order valence-corrected chi connectivity index (χ1v) is 8.98. The molecule has 0 spiro atoms. The highest BCUT2D eigenvalue weighted by molar-refractivity contribution is 8.00. The second-order valence-corrected chi connectivity index (χ2v) is 8.64. The molecule has 1 aromatic rings. The molecular formula is C17H28N4O4S. The first kappa shape index (κ1) is 22.0. The van der Waals surface area contributed by atoms with E-state index in [4.69, 9.17) is 14.2 Å². The fourth-order valence-electron chi connectivity index (χ4n) is 1.65. The minimum Gasteiger partial charge on any atom is -0.481 e. The molecule has 1 atom stereocenters. The van der Waals surface area contributed by atoms with Gasteiger partial charge in [0, 0.05) is 6.21 Å². The predicted molar refractivity (Wildman–Crippen MR) is 102 cm³/mol. The lowest BCUT2D eigenvalue weighted by Gasteiger charge is -2.26. The van der Waals surface area contributed by atoms with E-state index < -0.39 is 11.7 Å². The van der Waals surface area contributed by atoms with Crippen LogP contribution in [0.4, 0.5) is 4.79 Å². The Morgan fingerprint density at radius 1 is 1.15 bits per heavy atom. The zero-order valence-electron chi connectivity index (χ0n) is 16.6. The number of nitrogens with zero attached hydrogens (tertiary/aromatic N) is 3. The highest BCUT2D eigenvalue weighted by Gasteiger charge is 2.26. The molecule has 1 amide bonds. The van der Waals surface area contributed by atoms with Gasteiger partial charge in [-0.25, -0.2) is 10.2 Å². The predicted octanol–water partition coefficient (Wildman–Crippen LogP) is 3.51. The largest absolute Gasteiger partial charge is 0.481 e. The molecule has 0 aliphatic carbocycles. The lowest BCUT2D eigenvalue weighted by atomic mass is 9.92. The summed E-state index contributed by atoms with van der Waals surface area (Å²) in [5.74, 6) is 0.826. The molecule has 0 saturated carbocycles. The molecule has 1 aromatic heterocycles. The maximum absolute atomic E-state index is 11.7. The van der Waals surface area contributed by atoms with Gasteiger partial charge < -0.3 is 14.2 Å². The Morgan fingerprint density at radius 3 is 2.12 bits per heavy atom. The number of carbonyl (C=O) groups excluding carboxylic acids is 1. The van der Waals surface area contributed by atoms with Crippen molar-refractivity contribution in [3.63, 3.8) is 0 Å². The van der Waals surface area contributed by atoms with E-state index in [9.17, 15) is 4.79 Å². The molecule has 1 heterocycles. The minimum atomic E-state index is -0.606. The van der Waals surface area contributed by atoms with Crippen LogP contribution in [0.2, 0.25) is 0 Å². The third kappa shape index (κ3) is 7.90. The third-order valence-electron chi connectivity index (χ3n) is 2.93. The van der Waals surface area contributed by atoms with E-state index in [-0.39, 0.29) is 10.7 Å². The van der Waals surface area contributed by atoms with Gasteiger partial charge in [-0.3, -0.25) is 0 Å². The summed E-state index contributed by atoms with van der Waals surface area (Å²) in [6.07, 6.45) is 1.04. The summed E-state index contributed by atoms with van der Waals surface area (Å²) in [6.45, 7) is 11.5. The number of ether oxygens (including phenoxy) is 3. The van der Waals surface area contributed by atoms with Crippen molar-refractivity contribution in [2.45, 2.75) is 57.5 Å². The molecule has 146 valence electrons. The number of rotatable bonds is 6. The van der Waals surface area contributed by atoms with Gasteiger partial charge in [0.15, 0.2) is 5.16 Å². The Kier molecular flexibility index (Phi) is 7.68. The van der Waals surface area contributed by atoms with E-state index in [2.05, 4.69) is 41.3 Å². The maximum atomic E-state index is 11.7. The van der Waals surface area contributed by atoms with Crippen LogP contribution in [0.15, 0.2) is 16.3 Å². The van der Waals surface area contributed by atoms with Crippen molar-refractivity contribution in [2.75, 3.05) is 14.2 Å². The zero-order chi connectivity index (χ0) is 20.0. The molecule has 0 saturated heterocycles. The quantitative estimate of drug-likeness (QED) is 0.347. The zero-order valence-corrected chi connectivity index (χ0v) is 17.4. The highest BCUT2D eigenvalue weighted by Crippen LogP contribution is 2.34. The average molecular weight is 385 g/mol. The van der Waals surface area contributed by atoms with E-state index in [1.54, 1.807) is 33.1 Å². The van der Waals surface area contributed by atoms with Crippen molar-refractivity contribution in [3.05, 3.63) is 6.07 Å². The molecule has 8 nitrogen and oxygen atoms in total. The molecule has 0 aliphatic heterocycles. The van der Waals surface area contributed by atoms with Crippen LogP contribution in [0.25, 0.3) is 0 Å². The molecule has 0 fully saturated rings. The van der Waals surface area contributed by atoms with Crippen LogP contribution in [-0.4, -0.2) is 47.3 Å². The van der Waals surface area contributed by atoms with Gasteiger partial charge >= 0.3 is 6.09 Å². The number of thioether (sulfide) groups is 1. The second kappa shape index (κ2) is 9.07. The third-order valence-corrected chi connectivity index (χ3v) is 4.40. The van der Waals surface area contributed by atoms with E-state index in [1.807, 2.05) is 0 Å². The van der Waals surface area contributed by atoms with Gasteiger partial charge in [0.25, 0.3) is 0 Å². The van der Waals surface area contributed by atoms with Crippen molar-refractivity contribution in [1.82, 2.24) is 15.4 Å². The van der Waals surface area contributed by atoms with Crippen LogP contribution in [0.3, 0.4) is 0 Å². The van der Waals surface area contributed by atoms with Gasteiger partial charge in [0.05, 0.1) is 25.5 Å². The molecule has 1 rings (SSSR count). The normalized spacial score (nSPS) is 13.4. The Hall–Kier alpha value is -2.03. The minimum absolute atomic E-state index is 0.116. The van der Waals surface area contributed by atoms with Crippen LogP contribution in [0.5, 0.6) is 11.8 Å². The van der Waals surface area contributed by atoms with Crippen LogP contribution in [-0.2, 0) is 4.74 Å². The molecule has 1 unspecified atom stereocenters. The van der Waals surface area contributed by atoms with E-state index in [0.29, 0.717) is 16.9 Å². The Morgan fingerprint density at radius 2 is 1.69 bits per heavy atom. The lowest BCUT2D eigenvalue weighted by Crippen LogP contribution is -2.31. The highest BCUT2D eigenvalue weighted by atomic mass is 32.2. The van der Waals surface area contributed by atoms with Crippen molar-refractivity contribution in [2.24, 2.45) is 10.5 Å². The summed E-state index contributed by atoms with van der Waals surface area (Å²) in [6, 6.07) is 1.61. The van der Waals surface area contributed by atoms with Crippen LogP contribution in [0, 0.1) is 5.41 Å². The summed E-state index contributed by atoms with van der Waals surface area (Å²) in [4.78, 5) is 20.3. The fourth-order valence-corrected chi connectivity index (χ4v) is 2.64. The molecule has 0 aromatic carbocycles. The molecule has 1 N–H and O–H groups in total. The Bertz CT molecular complexity index is 616. The topological polar surface area (TPSA) is 94.9 Å². The standard InChI is InChI=1S/C17H28N4O4S/c1-16(2,3)11(10-18-21-15(22)25-17(4,5)6)26-14-19-12(23-7)9-13(20-14)24-8/h9-11H,1-8H3,(H,21,22)/b18-10+. The van der Waals surface area contributed by atoms with Crippen molar-refractivity contribution < 1.29 is 19.0 Å². The Balaban J connectivity index is 2.89. The van der Waals surface area contributed by atoms with Crippen molar-refractivity contribution >= 4 is 24.1 Å².